The van der Waals surface area contributed by atoms with Gasteiger partial charge in [0.15, 0.2) is 0 Å². The number of hydrogen-bond donors (Lipinski definition) is 2. The van der Waals surface area contributed by atoms with Crippen molar-refractivity contribution in [2.75, 3.05) is 6.54 Å². The normalized spacial score (nSPS) is 32.5. The van der Waals surface area contributed by atoms with E-state index in [1.54, 1.807) is 0 Å². The van der Waals surface area contributed by atoms with Crippen molar-refractivity contribution in [3.63, 3.8) is 0 Å². The summed E-state index contributed by atoms with van der Waals surface area (Å²) in [5, 5.41) is 3.36. The molecule has 0 aliphatic heterocycles. The quantitative estimate of drug-likeness (QED) is 0.565. The summed E-state index contributed by atoms with van der Waals surface area (Å²) in [6.07, 6.45) is 5.43. The van der Waals surface area contributed by atoms with Gasteiger partial charge in [-0.1, -0.05) is 6.08 Å². The topological polar surface area (TPSA) is 38.0 Å². The van der Waals surface area contributed by atoms with Gasteiger partial charge in [0.1, 0.15) is 0 Å². The number of nitrogens with two attached hydrogens (primary N) is 1. The number of nitrogens with one attached hydrogen (secondary N) is 1. The molecule has 0 aromatic rings. The first-order valence-electron chi connectivity index (χ1n) is 3.93. The standard InChI is InChI=1S/C8H16N2/c1-2-5-10-8-4-3-7(9)6-8/h2,7-8,10H,1,3-6,9H2. The van der Waals surface area contributed by atoms with E-state index in [4.69, 9.17) is 5.73 Å². The van der Waals surface area contributed by atoms with Gasteiger partial charge in [0, 0.05) is 18.6 Å². The molecule has 2 nitrogen and oxygen atoms in total. The number of hydrogen-bond acceptors (Lipinski definition) is 2. The maximum Gasteiger partial charge on any atom is 0.0134 e. The molecule has 1 saturated carbocycles. The van der Waals surface area contributed by atoms with Crippen molar-refractivity contribution in [3.05, 3.63) is 12.7 Å². The number of rotatable bonds is 3. The van der Waals surface area contributed by atoms with Crippen molar-refractivity contribution in [2.24, 2.45) is 5.73 Å². The van der Waals surface area contributed by atoms with Crippen LogP contribution in [0.2, 0.25) is 0 Å². The van der Waals surface area contributed by atoms with Crippen molar-refractivity contribution >= 4 is 0 Å². The maximum atomic E-state index is 5.73. The van der Waals surface area contributed by atoms with Crippen LogP contribution in [0.15, 0.2) is 12.7 Å². The molecule has 1 aliphatic rings. The molecule has 2 atom stereocenters. The van der Waals surface area contributed by atoms with E-state index >= 15 is 0 Å². The summed E-state index contributed by atoms with van der Waals surface area (Å²) in [6.45, 7) is 4.56. The first-order chi connectivity index (χ1) is 4.83. The minimum atomic E-state index is 0.433. The molecule has 10 heavy (non-hydrogen) atoms. The van der Waals surface area contributed by atoms with E-state index in [1.165, 1.54) is 12.8 Å². The van der Waals surface area contributed by atoms with Crippen LogP contribution < -0.4 is 11.1 Å². The van der Waals surface area contributed by atoms with E-state index in [1.807, 2.05) is 6.08 Å². The zero-order valence-electron chi connectivity index (χ0n) is 6.34. The molecule has 2 heteroatoms. The lowest BCUT2D eigenvalue weighted by molar-refractivity contribution is 0.547. The summed E-state index contributed by atoms with van der Waals surface area (Å²) in [5.74, 6) is 0. The Bertz CT molecular complexity index is 112. The predicted molar refractivity (Wildman–Crippen MR) is 43.8 cm³/mol. The summed E-state index contributed by atoms with van der Waals surface area (Å²) in [4.78, 5) is 0. The third-order valence-corrected chi connectivity index (χ3v) is 2.02. The third-order valence-electron chi connectivity index (χ3n) is 2.02. The Hall–Kier alpha value is -0.340. The van der Waals surface area contributed by atoms with E-state index in [9.17, 15) is 0 Å². The van der Waals surface area contributed by atoms with Gasteiger partial charge >= 0.3 is 0 Å². The van der Waals surface area contributed by atoms with E-state index in [2.05, 4.69) is 11.9 Å². The monoisotopic (exact) mass is 140 g/mol. The molecule has 0 aromatic carbocycles. The molecule has 1 fully saturated rings. The Morgan fingerprint density at radius 1 is 1.60 bits per heavy atom. The molecule has 0 radical (unpaired) electrons. The second-order valence-electron chi connectivity index (χ2n) is 2.97. The summed E-state index contributed by atoms with van der Waals surface area (Å²) >= 11 is 0. The van der Waals surface area contributed by atoms with E-state index < -0.39 is 0 Å². The Morgan fingerprint density at radius 3 is 2.90 bits per heavy atom. The third kappa shape index (κ3) is 2.12. The predicted octanol–water partition coefficient (Wildman–Crippen LogP) is 0.642. The van der Waals surface area contributed by atoms with Crippen molar-refractivity contribution in [1.29, 1.82) is 0 Å². The molecule has 0 heterocycles. The van der Waals surface area contributed by atoms with Gasteiger partial charge in [0.2, 0.25) is 0 Å². The summed E-state index contributed by atoms with van der Waals surface area (Å²) < 4.78 is 0. The van der Waals surface area contributed by atoms with Crippen molar-refractivity contribution < 1.29 is 0 Å². The van der Waals surface area contributed by atoms with Gasteiger partial charge in [0.25, 0.3) is 0 Å². The fourth-order valence-corrected chi connectivity index (χ4v) is 1.45. The minimum Gasteiger partial charge on any atom is -0.328 e. The molecule has 0 aromatic heterocycles. The highest BCUT2D eigenvalue weighted by atomic mass is 14.9. The van der Waals surface area contributed by atoms with Crippen LogP contribution in [0.5, 0.6) is 0 Å². The molecule has 2 unspecified atom stereocenters. The van der Waals surface area contributed by atoms with Crippen LogP contribution in [0.3, 0.4) is 0 Å². The van der Waals surface area contributed by atoms with Crippen LogP contribution in [-0.4, -0.2) is 18.6 Å². The Kier molecular flexibility index (Phi) is 2.90. The Labute approximate surface area is 62.5 Å². The average molecular weight is 140 g/mol. The van der Waals surface area contributed by atoms with Gasteiger partial charge < -0.3 is 11.1 Å². The fourth-order valence-electron chi connectivity index (χ4n) is 1.45. The molecule has 0 saturated heterocycles. The molecule has 0 spiro atoms. The Balaban J connectivity index is 2.12. The second kappa shape index (κ2) is 3.74. The van der Waals surface area contributed by atoms with Crippen LogP contribution in [-0.2, 0) is 0 Å². The molecule has 3 N–H and O–H groups in total. The maximum absolute atomic E-state index is 5.73. The van der Waals surface area contributed by atoms with Crippen molar-refractivity contribution in [3.8, 4) is 0 Å². The van der Waals surface area contributed by atoms with Gasteiger partial charge in [-0.2, -0.15) is 0 Å². The zero-order valence-corrected chi connectivity index (χ0v) is 6.34. The van der Waals surface area contributed by atoms with Gasteiger partial charge in [-0.25, -0.2) is 0 Å². The molecule has 1 rings (SSSR count). The summed E-state index contributed by atoms with van der Waals surface area (Å²) in [7, 11) is 0. The van der Waals surface area contributed by atoms with Crippen LogP contribution in [0.4, 0.5) is 0 Å². The van der Waals surface area contributed by atoms with Gasteiger partial charge in [-0.3, -0.25) is 0 Å². The molecule has 0 bridgehead atoms. The highest BCUT2D eigenvalue weighted by Crippen LogP contribution is 2.16. The van der Waals surface area contributed by atoms with Crippen molar-refractivity contribution in [2.45, 2.75) is 31.3 Å². The Morgan fingerprint density at radius 2 is 2.40 bits per heavy atom. The molecule has 58 valence electrons. The second-order valence-corrected chi connectivity index (χ2v) is 2.97. The summed E-state index contributed by atoms with van der Waals surface area (Å²) in [6, 6.07) is 1.08. The zero-order chi connectivity index (χ0) is 7.40. The largest absolute Gasteiger partial charge is 0.328 e. The highest BCUT2D eigenvalue weighted by Gasteiger charge is 2.19. The SMILES string of the molecule is C=CCNC1CCC(N)C1. The molecular weight excluding hydrogens is 124 g/mol. The van der Waals surface area contributed by atoms with E-state index in [0.717, 1.165) is 13.0 Å². The van der Waals surface area contributed by atoms with Crippen molar-refractivity contribution in [1.82, 2.24) is 5.32 Å². The first-order valence-corrected chi connectivity index (χ1v) is 3.93. The lowest BCUT2D eigenvalue weighted by atomic mass is 10.2. The highest BCUT2D eigenvalue weighted by molar-refractivity contribution is 4.84. The smallest absolute Gasteiger partial charge is 0.0134 e. The molecule has 1 aliphatic carbocycles. The lowest BCUT2D eigenvalue weighted by Gasteiger charge is -2.08. The van der Waals surface area contributed by atoms with E-state index in [0.29, 0.717) is 12.1 Å². The molecule has 0 amide bonds. The van der Waals surface area contributed by atoms with Crippen LogP contribution >= 0.6 is 0 Å². The lowest BCUT2D eigenvalue weighted by Crippen LogP contribution is -2.28. The average Bonchev–Trinajstić information content (AvgIpc) is 2.31. The van der Waals surface area contributed by atoms with Crippen LogP contribution in [0.1, 0.15) is 19.3 Å². The van der Waals surface area contributed by atoms with Crippen LogP contribution in [0, 0.1) is 0 Å². The minimum absolute atomic E-state index is 0.433. The molecular formula is C8H16N2. The first kappa shape index (κ1) is 7.76. The fraction of sp³-hybridized carbons (Fsp3) is 0.750. The van der Waals surface area contributed by atoms with E-state index in [-0.39, 0.29) is 0 Å². The van der Waals surface area contributed by atoms with Gasteiger partial charge in [-0.15, -0.1) is 6.58 Å². The van der Waals surface area contributed by atoms with Gasteiger partial charge in [0.05, 0.1) is 0 Å². The van der Waals surface area contributed by atoms with Crippen LogP contribution in [0.25, 0.3) is 0 Å². The summed E-state index contributed by atoms with van der Waals surface area (Å²) in [5.41, 5.74) is 5.73. The van der Waals surface area contributed by atoms with Gasteiger partial charge in [-0.05, 0) is 19.3 Å².